The lowest BCUT2D eigenvalue weighted by Crippen LogP contribution is -2.05. The van der Waals surface area contributed by atoms with E-state index in [0.29, 0.717) is 0 Å². The SMILES string of the molecule is COC(c1ccccc1)c1ccccc1-c1ccccn1. The highest BCUT2D eigenvalue weighted by atomic mass is 16.5. The summed E-state index contributed by atoms with van der Waals surface area (Å²) in [5.41, 5.74) is 4.34. The standard InChI is InChI=1S/C19H17NO/c1-21-19(15-9-3-2-4-10-15)17-12-6-5-11-16(17)18-13-7-8-14-20-18/h2-14,19H,1H3. The van der Waals surface area contributed by atoms with Gasteiger partial charge >= 0.3 is 0 Å². The van der Waals surface area contributed by atoms with Gasteiger partial charge in [0.15, 0.2) is 0 Å². The van der Waals surface area contributed by atoms with E-state index in [-0.39, 0.29) is 6.10 Å². The van der Waals surface area contributed by atoms with E-state index in [1.54, 1.807) is 7.11 Å². The van der Waals surface area contributed by atoms with Crippen LogP contribution in [0.5, 0.6) is 0 Å². The van der Waals surface area contributed by atoms with Crippen molar-refractivity contribution in [1.82, 2.24) is 4.98 Å². The van der Waals surface area contributed by atoms with Crippen molar-refractivity contribution in [2.45, 2.75) is 6.10 Å². The average Bonchev–Trinajstić information content (AvgIpc) is 2.58. The predicted molar refractivity (Wildman–Crippen MR) is 85.0 cm³/mol. The summed E-state index contributed by atoms with van der Waals surface area (Å²) in [6, 6.07) is 24.5. The molecule has 0 aliphatic rings. The first-order chi connectivity index (χ1) is 10.4. The molecule has 3 aromatic rings. The first-order valence-electron chi connectivity index (χ1n) is 6.98. The maximum absolute atomic E-state index is 5.76. The number of ether oxygens (including phenoxy) is 1. The molecule has 0 aliphatic heterocycles. The largest absolute Gasteiger partial charge is 0.372 e. The van der Waals surface area contributed by atoms with Crippen molar-refractivity contribution in [1.29, 1.82) is 0 Å². The molecule has 1 aromatic heterocycles. The summed E-state index contributed by atoms with van der Waals surface area (Å²) in [7, 11) is 1.74. The smallest absolute Gasteiger partial charge is 0.108 e. The lowest BCUT2D eigenvalue weighted by atomic mass is 9.95. The van der Waals surface area contributed by atoms with Gasteiger partial charge in [0.2, 0.25) is 0 Å². The fourth-order valence-electron chi connectivity index (χ4n) is 2.55. The second kappa shape index (κ2) is 6.33. The Labute approximate surface area is 125 Å². The zero-order valence-corrected chi connectivity index (χ0v) is 11.9. The molecule has 2 heteroatoms. The lowest BCUT2D eigenvalue weighted by molar-refractivity contribution is 0.137. The Morgan fingerprint density at radius 2 is 1.52 bits per heavy atom. The Hall–Kier alpha value is -2.45. The van der Waals surface area contributed by atoms with Crippen LogP contribution in [0.4, 0.5) is 0 Å². The first-order valence-corrected chi connectivity index (χ1v) is 6.98. The number of rotatable bonds is 4. The highest BCUT2D eigenvalue weighted by Gasteiger charge is 2.17. The van der Waals surface area contributed by atoms with Crippen molar-refractivity contribution < 1.29 is 4.74 Å². The molecular weight excluding hydrogens is 258 g/mol. The van der Waals surface area contributed by atoms with Gasteiger partial charge in [-0.2, -0.15) is 0 Å². The highest BCUT2D eigenvalue weighted by Crippen LogP contribution is 2.32. The predicted octanol–water partition coefficient (Wildman–Crippen LogP) is 4.48. The lowest BCUT2D eigenvalue weighted by Gasteiger charge is -2.19. The van der Waals surface area contributed by atoms with Crippen LogP contribution in [0.15, 0.2) is 79.0 Å². The van der Waals surface area contributed by atoms with Crippen molar-refractivity contribution in [3.63, 3.8) is 0 Å². The van der Waals surface area contributed by atoms with Gasteiger partial charge < -0.3 is 4.74 Å². The normalized spacial score (nSPS) is 12.0. The van der Waals surface area contributed by atoms with Crippen molar-refractivity contribution in [3.05, 3.63) is 90.1 Å². The molecule has 0 fully saturated rings. The number of hydrogen-bond acceptors (Lipinski definition) is 2. The summed E-state index contributed by atoms with van der Waals surface area (Å²) in [4.78, 5) is 4.46. The summed E-state index contributed by atoms with van der Waals surface area (Å²) < 4.78 is 5.76. The monoisotopic (exact) mass is 275 g/mol. The van der Waals surface area contributed by atoms with Crippen LogP contribution < -0.4 is 0 Å². The van der Waals surface area contributed by atoms with Gasteiger partial charge in [-0.15, -0.1) is 0 Å². The third kappa shape index (κ3) is 2.86. The Bertz CT molecular complexity index is 695. The molecule has 1 heterocycles. The third-order valence-electron chi connectivity index (χ3n) is 3.52. The van der Waals surface area contributed by atoms with Crippen molar-refractivity contribution >= 4 is 0 Å². The van der Waals surface area contributed by atoms with Gasteiger partial charge in [0.05, 0.1) is 5.69 Å². The van der Waals surface area contributed by atoms with E-state index >= 15 is 0 Å². The summed E-state index contributed by atoms with van der Waals surface area (Å²) in [6.45, 7) is 0. The van der Waals surface area contributed by atoms with E-state index in [0.717, 1.165) is 22.4 Å². The first kappa shape index (κ1) is 13.5. The second-order valence-corrected chi connectivity index (χ2v) is 4.83. The van der Waals surface area contributed by atoms with Crippen LogP contribution in [-0.4, -0.2) is 12.1 Å². The molecule has 2 nitrogen and oxygen atoms in total. The van der Waals surface area contributed by atoms with Gasteiger partial charge in [0, 0.05) is 18.9 Å². The zero-order valence-electron chi connectivity index (χ0n) is 11.9. The molecular formula is C19H17NO. The van der Waals surface area contributed by atoms with E-state index in [2.05, 4.69) is 29.2 Å². The Balaban J connectivity index is 2.10. The summed E-state index contributed by atoms with van der Waals surface area (Å²) in [6.07, 6.45) is 1.72. The van der Waals surface area contributed by atoms with E-state index in [9.17, 15) is 0 Å². The molecule has 0 aliphatic carbocycles. The zero-order chi connectivity index (χ0) is 14.5. The van der Waals surface area contributed by atoms with Crippen molar-refractivity contribution in [2.24, 2.45) is 0 Å². The fraction of sp³-hybridized carbons (Fsp3) is 0.105. The number of hydrogen-bond donors (Lipinski definition) is 0. The topological polar surface area (TPSA) is 22.1 Å². The number of nitrogens with zero attached hydrogens (tertiary/aromatic N) is 1. The third-order valence-corrected chi connectivity index (χ3v) is 3.52. The fourth-order valence-corrected chi connectivity index (χ4v) is 2.55. The number of benzene rings is 2. The molecule has 3 rings (SSSR count). The number of pyridine rings is 1. The average molecular weight is 275 g/mol. The summed E-state index contributed by atoms with van der Waals surface area (Å²) in [5.74, 6) is 0. The van der Waals surface area contributed by atoms with Gasteiger partial charge in [-0.3, -0.25) is 4.98 Å². The molecule has 0 amide bonds. The molecule has 2 aromatic carbocycles. The number of methoxy groups -OCH3 is 1. The van der Waals surface area contributed by atoms with Crippen molar-refractivity contribution in [3.8, 4) is 11.3 Å². The van der Waals surface area contributed by atoms with E-state index in [1.165, 1.54) is 0 Å². The maximum Gasteiger partial charge on any atom is 0.108 e. The van der Waals surface area contributed by atoms with Crippen LogP contribution in [0.25, 0.3) is 11.3 Å². The Morgan fingerprint density at radius 1 is 0.810 bits per heavy atom. The second-order valence-electron chi connectivity index (χ2n) is 4.83. The van der Waals surface area contributed by atoms with E-state index in [1.807, 2.05) is 54.7 Å². The molecule has 21 heavy (non-hydrogen) atoms. The Kier molecular flexibility index (Phi) is 4.08. The quantitative estimate of drug-likeness (QED) is 0.700. The van der Waals surface area contributed by atoms with Crippen LogP contribution in [0, 0.1) is 0 Å². The molecule has 0 radical (unpaired) electrons. The minimum absolute atomic E-state index is 0.0931. The molecule has 1 atom stereocenters. The van der Waals surface area contributed by atoms with E-state index < -0.39 is 0 Å². The Morgan fingerprint density at radius 3 is 2.24 bits per heavy atom. The van der Waals surface area contributed by atoms with Crippen LogP contribution >= 0.6 is 0 Å². The number of aromatic nitrogens is 1. The van der Waals surface area contributed by atoms with Gasteiger partial charge in [0.25, 0.3) is 0 Å². The molecule has 0 saturated heterocycles. The van der Waals surface area contributed by atoms with Gasteiger partial charge in [0.1, 0.15) is 6.10 Å². The summed E-state index contributed by atoms with van der Waals surface area (Å²) >= 11 is 0. The van der Waals surface area contributed by atoms with Gasteiger partial charge in [-0.25, -0.2) is 0 Å². The van der Waals surface area contributed by atoms with Crippen LogP contribution in [-0.2, 0) is 4.74 Å². The van der Waals surface area contributed by atoms with Crippen LogP contribution in [0.3, 0.4) is 0 Å². The van der Waals surface area contributed by atoms with Crippen LogP contribution in [0.1, 0.15) is 17.2 Å². The maximum atomic E-state index is 5.76. The molecule has 1 unspecified atom stereocenters. The molecule has 0 saturated carbocycles. The molecule has 0 N–H and O–H groups in total. The summed E-state index contributed by atoms with van der Waals surface area (Å²) in [5, 5.41) is 0. The van der Waals surface area contributed by atoms with Gasteiger partial charge in [-0.1, -0.05) is 60.7 Å². The van der Waals surface area contributed by atoms with Crippen LogP contribution in [0.2, 0.25) is 0 Å². The molecule has 0 spiro atoms. The van der Waals surface area contributed by atoms with Gasteiger partial charge in [-0.05, 0) is 23.3 Å². The highest BCUT2D eigenvalue weighted by molar-refractivity contribution is 5.65. The molecule has 104 valence electrons. The minimum atomic E-state index is -0.0931. The van der Waals surface area contributed by atoms with E-state index in [4.69, 9.17) is 4.74 Å². The molecule has 0 bridgehead atoms. The minimum Gasteiger partial charge on any atom is -0.372 e. The van der Waals surface area contributed by atoms with Crippen molar-refractivity contribution in [2.75, 3.05) is 7.11 Å².